The summed E-state index contributed by atoms with van der Waals surface area (Å²) in [6, 6.07) is 6.08. The first-order chi connectivity index (χ1) is 6.84. The Balaban J connectivity index is 3.39. The van der Waals surface area contributed by atoms with Gasteiger partial charge in [0.25, 0.3) is 10.1 Å². The van der Waals surface area contributed by atoms with Crippen LogP contribution < -0.4 is 0 Å². The zero-order chi connectivity index (χ0) is 11.6. The normalized spacial score (nSPS) is 11.0. The average Bonchev–Trinajstić information content (AvgIpc) is 2.15. The van der Waals surface area contributed by atoms with Gasteiger partial charge >= 0.3 is 0 Å². The molecule has 0 aromatic heterocycles. The summed E-state index contributed by atoms with van der Waals surface area (Å²) in [4.78, 5) is -0.465. The first-order valence-electron chi connectivity index (χ1n) is 3.98. The van der Waals surface area contributed by atoms with Crippen molar-refractivity contribution in [3.05, 3.63) is 48.6 Å². The minimum absolute atomic E-state index is 0.132. The maximum absolute atomic E-state index is 10.9. The molecule has 0 heterocycles. The molecule has 0 saturated heterocycles. The molecule has 0 aliphatic rings. The van der Waals surface area contributed by atoms with Crippen LogP contribution in [0.3, 0.4) is 0 Å². The van der Waals surface area contributed by atoms with Gasteiger partial charge in [0.1, 0.15) is 5.76 Å². The van der Waals surface area contributed by atoms with E-state index in [4.69, 9.17) is 4.55 Å². The van der Waals surface area contributed by atoms with Crippen molar-refractivity contribution in [2.75, 3.05) is 0 Å². The van der Waals surface area contributed by atoms with Crippen LogP contribution in [0.2, 0.25) is 0 Å². The first-order valence-corrected chi connectivity index (χ1v) is 5.42. The molecule has 1 aromatic carbocycles. The largest absolute Gasteiger partial charge is 0.508 e. The van der Waals surface area contributed by atoms with Crippen molar-refractivity contribution in [1.82, 2.24) is 0 Å². The quantitative estimate of drug-likeness (QED) is 0.611. The molecule has 0 spiro atoms. The molecule has 1 aromatic rings. The lowest BCUT2D eigenvalue weighted by Crippen LogP contribution is -2.02. The van der Waals surface area contributed by atoms with Gasteiger partial charge in [0.05, 0.1) is 4.91 Å². The minimum Gasteiger partial charge on any atom is -0.508 e. The van der Waals surface area contributed by atoms with Crippen molar-refractivity contribution in [1.29, 1.82) is 0 Å². The van der Waals surface area contributed by atoms with Crippen molar-refractivity contribution in [2.45, 2.75) is 0 Å². The Morgan fingerprint density at radius 3 is 2.00 bits per heavy atom. The highest BCUT2D eigenvalue weighted by molar-refractivity contribution is 7.95. The predicted octanol–water partition coefficient (Wildman–Crippen LogP) is 2.07. The number of hydrogen-bond acceptors (Lipinski definition) is 3. The monoisotopic (exact) mass is 226 g/mol. The van der Waals surface area contributed by atoms with Crippen LogP contribution in [0.5, 0.6) is 0 Å². The summed E-state index contributed by atoms with van der Waals surface area (Å²) >= 11 is 0. The van der Waals surface area contributed by atoms with Gasteiger partial charge in [-0.05, 0) is 0 Å². The summed E-state index contributed by atoms with van der Waals surface area (Å²) in [7, 11) is -4.36. The fourth-order valence-corrected chi connectivity index (χ4v) is 1.57. The molecule has 1 rings (SSSR count). The van der Waals surface area contributed by atoms with E-state index >= 15 is 0 Å². The fraction of sp³-hybridized carbons (Fsp3) is 0. The van der Waals surface area contributed by atoms with E-state index in [9.17, 15) is 13.5 Å². The van der Waals surface area contributed by atoms with E-state index in [1.54, 1.807) is 12.1 Å². The van der Waals surface area contributed by atoms with Crippen LogP contribution in [-0.4, -0.2) is 18.1 Å². The zero-order valence-electron chi connectivity index (χ0n) is 7.84. The van der Waals surface area contributed by atoms with E-state index in [-0.39, 0.29) is 16.9 Å². The Kier molecular flexibility index (Phi) is 2.97. The van der Waals surface area contributed by atoms with Crippen LogP contribution in [-0.2, 0) is 10.1 Å². The molecule has 0 atom stereocenters. The van der Waals surface area contributed by atoms with Gasteiger partial charge in [0.2, 0.25) is 0 Å². The minimum atomic E-state index is -4.36. The third-order valence-corrected chi connectivity index (χ3v) is 2.69. The van der Waals surface area contributed by atoms with Crippen molar-refractivity contribution in [2.24, 2.45) is 0 Å². The molecule has 0 radical (unpaired) electrons. The molecule has 80 valence electrons. The van der Waals surface area contributed by atoms with Crippen LogP contribution in [0, 0.1) is 0 Å². The summed E-state index contributed by atoms with van der Waals surface area (Å²) in [5, 5.41) is 9.21. The fourth-order valence-electron chi connectivity index (χ4n) is 1.12. The Morgan fingerprint density at radius 1 is 1.13 bits per heavy atom. The molecule has 0 saturated carbocycles. The van der Waals surface area contributed by atoms with Gasteiger partial charge in [-0.2, -0.15) is 8.42 Å². The van der Waals surface area contributed by atoms with Crippen LogP contribution in [0.1, 0.15) is 11.1 Å². The smallest absolute Gasteiger partial charge is 0.294 e. The summed E-state index contributed by atoms with van der Waals surface area (Å²) in [5.74, 6) is -0.282. The molecule has 0 bridgehead atoms. The van der Waals surface area contributed by atoms with Gasteiger partial charge in [-0.1, -0.05) is 37.4 Å². The Morgan fingerprint density at radius 2 is 1.60 bits per heavy atom. The Bertz CT molecular complexity index is 514. The number of aliphatic hydroxyl groups is 1. The SMILES string of the molecule is C=C(O)c1ccccc1C(=C)S(=O)(=O)O. The molecule has 15 heavy (non-hydrogen) atoms. The van der Waals surface area contributed by atoms with E-state index < -0.39 is 15.0 Å². The average molecular weight is 226 g/mol. The maximum Gasteiger partial charge on any atom is 0.294 e. The molecule has 0 aliphatic carbocycles. The molecule has 0 unspecified atom stereocenters. The zero-order valence-corrected chi connectivity index (χ0v) is 8.66. The summed E-state index contributed by atoms with van der Waals surface area (Å²) in [5.41, 5.74) is 0.354. The Labute approximate surface area is 87.9 Å². The van der Waals surface area contributed by atoms with Crippen LogP contribution in [0.15, 0.2) is 37.4 Å². The van der Waals surface area contributed by atoms with Crippen LogP contribution in [0.25, 0.3) is 10.7 Å². The summed E-state index contributed by atoms with van der Waals surface area (Å²) < 4.78 is 30.5. The standard InChI is InChI=1S/C10H10O4S/c1-7(11)9-5-3-4-6-10(9)8(2)15(12,13)14/h3-6,11H,1-2H2,(H,12,13,14). The van der Waals surface area contributed by atoms with Crippen LogP contribution in [0.4, 0.5) is 0 Å². The maximum atomic E-state index is 10.9. The van der Waals surface area contributed by atoms with Crippen molar-refractivity contribution < 1.29 is 18.1 Å². The van der Waals surface area contributed by atoms with Gasteiger partial charge in [-0.3, -0.25) is 4.55 Å². The third kappa shape index (κ3) is 2.45. The molecule has 2 N–H and O–H groups in total. The number of hydrogen-bond donors (Lipinski definition) is 2. The van der Waals surface area contributed by atoms with E-state index in [1.165, 1.54) is 12.1 Å². The van der Waals surface area contributed by atoms with Crippen LogP contribution >= 0.6 is 0 Å². The highest BCUT2D eigenvalue weighted by Gasteiger charge is 2.17. The van der Waals surface area contributed by atoms with Gasteiger partial charge in [0, 0.05) is 11.1 Å². The predicted molar refractivity (Wildman–Crippen MR) is 58.7 cm³/mol. The second-order valence-electron chi connectivity index (χ2n) is 2.89. The van der Waals surface area contributed by atoms with Gasteiger partial charge in [-0.15, -0.1) is 0 Å². The highest BCUT2D eigenvalue weighted by Crippen LogP contribution is 2.25. The van der Waals surface area contributed by atoms with Crippen molar-refractivity contribution >= 4 is 20.8 Å². The Hall–Kier alpha value is -1.59. The molecule has 0 aliphatic heterocycles. The van der Waals surface area contributed by atoms with E-state index in [0.29, 0.717) is 0 Å². The van der Waals surface area contributed by atoms with E-state index in [1.807, 2.05) is 0 Å². The van der Waals surface area contributed by atoms with Gasteiger partial charge in [-0.25, -0.2) is 0 Å². The molecular weight excluding hydrogens is 216 g/mol. The van der Waals surface area contributed by atoms with E-state index in [2.05, 4.69) is 13.2 Å². The topological polar surface area (TPSA) is 74.6 Å². The number of benzene rings is 1. The summed E-state index contributed by atoms with van der Waals surface area (Å²) in [6.45, 7) is 6.54. The van der Waals surface area contributed by atoms with Gasteiger partial charge in [0.15, 0.2) is 0 Å². The lowest BCUT2D eigenvalue weighted by Gasteiger charge is -2.08. The first kappa shape index (κ1) is 11.5. The van der Waals surface area contributed by atoms with Gasteiger partial charge < -0.3 is 5.11 Å². The second-order valence-corrected chi connectivity index (χ2v) is 4.33. The number of aliphatic hydroxyl groups excluding tert-OH is 1. The number of rotatable bonds is 3. The third-order valence-electron chi connectivity index (χ3n) is 1.85. The van der Waals surface area contributed by atoms with Crippen molar-refractivity contribution in [3.8, 4) is 0 Å². The highest BCUT2D eigenvalue weighted by atomic mass is 32.2. The molecule has 4 nitrogen and oxygen atoms in total. The molecule has 0 amide bonds. The summed E-state index contributed by atoms with van der Waals surface area (Å²) in [6.07, 6.45) is 0. The molecule has 5 heteroatoms. The molecule has 0 fully saturated rings. The van der Waals surface area contributed by atoms with Crippen molar-refractivity contribution in [3.63, 3.8) is 0 Å². The lowest BCUT2D eigenvalue weighted by molar-refractivity contribution is 0.496. The second kappa shape index (κ2) is 3.88. The van der Waals surface area contributed by atoms with E-state index in [0.717, 1.165) is 0 Å². The molecular formula is C10H10O4S. The lowest BCUT2D eigenvalue weighted by atomic mass is 10.1.